The zero-order chi connectivity index (χ0) is 10.1. The third-order valence-corrected chi connectivity index (χ3v) is 3.84. The van der Waals surface area contributed by atoms with Gasteiger partial charge in [-0.3, -0.25) is 4.90 Å². The van der Waals surface area contributed by atoms with E-state index < -0.39 is 0 Å². The van der Waals surface area contributed by atoms with Crippen LogP contribution in [0.25, 0.3) is 0 Å². The molecule has 1 N–H and O–H groups in total. The van der Waals surface area contributed by atoms with E-state index in [2.05, 4.69) is 18.7 Å². The van der Waals surface area contributed by atoms with Gasteiger partial charge in [0.2, 0.25) is 0 Å². The lowest BCUT2D eigenvalue weighted by Gasteiger charge is -2.29. The number of rotatable bonds is 3. The minimum absolute atomic E-state index is 0.626. The van der Waals surface area contributed by atoms with Gasteiger partial charge in [-0.1, -0.05) is 13.3 Å². The van der Waals surface area contributed by atoms with Gasteiger partial charge in [-0.25, -0.2) is 0 Å². The summed E-state index contributed by atoms with van der Waals surface area (Å²) in [5, 5.41) is 11.0. The molecule has 0 aromatic rings. The molecule has 0 radical (unpaired) electrons. The maximum absolute atomic E-state index is 9.47. The molecule has 0 aromatic heterocycles. The molecule has 0 aromatic carbocycles. The highest BCUT2D eigenvalue weighted by atomic mass is 16.5. The first-order chi connectivity index (χ1) is 6.72. The second-order valence-electron chi connectivity index (χ2n) is 4.86. The average molecular weight is 198 g/mol. The first-order valence-corrected chi connectivity index (χ1v) is 5.92. The minimum atomic E-state index is 0.626. The molecule has 3 heteroatoms. The van der Waals surface area contributed by atoms with Crippen molar-refractivity contribution in [2.75, 3.05) is 19.6 Å². The lowest BCUT2D eigenvalue weighted by Crippen LogP contribution is -2.40. The van der Waals surface area contributed by atoms with E-state index in [1.807, 2.05) is 0 Å². The number of nitrogens with zero attached hydrogens (tertiary/aromatic N) is 2. The third kappa shape index (κ3) is 1.81. The first-order valence-electron chi connectivity index (χ1n) is 5.92. The minimum Gasteiger partial charge on any atom is -0.314 e. The molecule has 0 amide bonds. The number of fused-ring (bicyclic) bond motifs is 1. The molecule has 2 aliphatic rings. The Morgan fingerprint density at radius 2 is 2.21 bits per heavy atom. The second-order valence-corrected chi connectivity index (χ2v) is 4.86. The van der Waals surface area contributed by atoms with Crippen molar-refractivity contribution in [3.05, 3.63) is 0 Å². The van der Waals surface area contributed by atoms with Crippen LogP contribution in [0.3, 0.4) is 0 Å². The molecule has 3 atom stereocenters. The van der Waals surface area contributed by atoms with Crippen LogP contribution >= 0.6 is 0 Å². The van der Waals surface area contributed by atoms with Crippen molar-refractivity contribution in [3.63, 3.8) is 0 Å². The van der Waals surface area contributed by atoms with Gasteiger partial charge in [0.25, 0.3) is 0 Å². The topological polar surface area (TPSA) is 26.7 Å². The predicted molar refractivity (Wildman–Crippen MR) is 56.3 cm³/mol. The summed E-state index contributed by atoms with van der Waals surface area (Å²) < 4.78 is 0. The molecular formula is C11H22N2O. The van der Waals surface area contributed by atoms with E-state index in [0.717, 1.165) is 19.0 Å². The van der Waals surface area contributed by atoms with E-state index in [1.165, 1.54) is 30.9 Å². The van der Waals surface area contributed by atoms with Gasteiger partial charge >= 0.3 is 0 Å². The molecule has 14 heavy (non-hydrogen) atoms. The van der Waals surface area contributed by atoms with Crippen LogP contribution in [-0.2, 0) is 0 Å². The summed E-state index contributed by atoms with van der Waals surface area (Å²) in [5.74, 6) is 0.722. The number of hydrogen-bond acceptors (Lipinski definition) is 3. The van der Waals surface area contributed by atoms with Crippen LogP contribution in [0.2, 0.25) is 0 Å². The van der Waals surface area contributed by atoms with Crippen LogP contribution in [0.5, 0.6) is 0 Å². The summed E-state index contributed by atoms with van der Waals surface area (Å²) in [4.78, 5) is 2.60. The first kappa shape index (κ1) is 10.4. The molecule has 0 spiro atoms. The number of likely N-dealkylation sites (tertiary alicyclic amines) is 1. The van der Waals surface area contributed by atoms with Gasteiger partial charge in [-0.15, -0.1) is 0 Å². The fraction of sp³-hybridized carbons (Fsp3) is 1.00. The van der Waals surface area contributed by atoms with Crippen molar-refractivity contribution in [3.8, 4) is 0 Å². The highest BCUT2D eigenvalue weighted by molar-refractivity contribution is 4.95. The Hall–Kier alpha value is -0.120. The molecule has 0 saturated carbocycles. The zero-order valence-electron chi connectivity index (χ0n) is 9.32. The lowest BCUT2D eigenvalue weighted by molar-refractivity contribution is -0.0782. The van der Waals surface area contributed by atoms with Crippen molar-refractivity contribution in [1.82, 2.24) is 9.96 Å². The molecule has 2 heterocycles. The molecule has 3 unspecified atom stereocenters. The van der Waals surface area contributed by atoms with Crippen molar-refractivity contribution < 1.29 is 5.21 Å². The van der Waals surface area contributed by atoms with Crippen LogP contribution in [0.4, 0.5) is 0 Å². The quantitative estimate of drug-likeness (QED) is 0.745. The highest BCUT2D eigenvalue weighted by Gasteiger charge is 2.42. The van der Waals surface area contributed by atoms with Gasteiger partial charge < -0.3 is 5.21 Å². The van der Waals surface area contributed by atoms with Crippen LogP contribution in [0.1, 0.15) is 33.1 Å². The van der Waals surface area contributed by atoms with E-state index in [4.69, 9.17) is 0 Å². The summed E-state index contributed by atoms with van der Waals surface area (Å²) in [6.45, 7) is 7.56. The Balaban J connectivity index is 1.94. The molecule has 0 bridgehead atoms. The van der Waals surface area contributed by atoms with Gasteiger partial charge in [-0.2, -0.15) is 5.06 Å². The molecule has 2 rings (SSSR count). The summed E-state index contributed by atoms with van der Waals surface area (Å²) in [7, 11) is 0. The zero-order valence-corrected chi connectivity index (χ0v) is 9.32. The van der Waals surface area contributed by atoms with Crippen molar-refractivity contribution in [2.45, 2.75) is 45.2 Å². The maximum Gasteiger partial charge on any atom is 0.0397 e. The average Bonchev–Trinajstić information content (AvgIpc) is 2.62. The third-order valence-electron chi connectivity index (χ3n) is 3.84. The Morgan fingerprint density at radius 3 is 2.93 bits per heavy atom. The van der Waals surface area contributed by atoms with Crippen molar-refractivity contribution >= 4 is 0 Å². The molecule has 3 nitrogen and oxygen atoms in total. The van der Waals surface area contributed by atoms with E-state index in [0.29, 0.717) is 12.1 Å². The van der Waals surface area contributed by atoms with Gasteiger partial charge in [0.05, 0.1) is 0 Å². The number of hydroxylamine groups is 2. The largest absolute Gasteiger partial charge is 0.314 e. The molecule has 2 fully saturated rings. The molecular weight excluding hydrogens is 176 g/mol. The summed E-state index contributed by atoms with van der Waals surface area (Å²) in [5.41, 5.74) is 0. The Labute approximate surface area is 86.6 Å². The number of hydrogen-bond donors (Lipinski definition) is 1. The summed E-state index contributed by atoms with van der Waals surface area (Å²) >= 11 is 0. The second kappa shape index (κ2) is 4.17. The Morgan fingerprint density at radius 1 is 1.43 bits per heavy atom. The van der Waals surface area contributed by atoms with Gasteiger partial charge in [0.1, 0.15) is 0 Å². The summed E-state index contributed by atoms with van der Waals surface area (Å²) in [6, 6.07) is 1.32. The van der Waals surface area contributed by atoms with E-state index >= 15 is 0 Å². The predicted octanol–water partition coefficient (Wildman–Crippen LogP) is 1.57. The monoisotopic (exact) mass is 198 g/mol. The van der Waals surface area contributed by atoms with Crippen LogP contribution < -0.4 is 0 Å². The molecule has 82 valence electrons. The standard InChI is InChI=1S/C11H22N2O/c1-3-4-9(2)13-6-5-10-7-12(14)8-11(10)13/h9-11,14H,3-8H2,1-2H3. The van der Waals surface area contributed by atoms with E-state index in [9.17, 15) is 5.21 Å². The fourth-order valence-electron chi connectivity index (χ4n) is 3.10. The van der Waals surface area contributed by atoms with Crippen molar-refractivity contribution in [2.24, 2.45) is 5.92 Å². The smallest absolute Gasteiger partial charge is 0.0397 e. The van der Waals surface area contributed by atoms with Gasteiger partial charge in [0.15, 0.2) is 0 Å². The van der Waals surface area contributed by atoms with Gasteiger partial charge in [0, 0.05) is 25.2 Å². The Kier molecular flexibility index (Phi) is 3.10. The Bertz CT molecular complexity index is 198. The van der Waals surface area contributed by atoms with Crippen molar-refractivity contribution in [1.29, 1.82) is 0 Å². The summed E-state index contributed by atoms with van der Waals surface area (Å²) in [6.07, 6.45) is 3.82. The SMILES string of the molecule is CCCC(C)N1CCC2CN(O)CC21. The normalized spacial score (nSPS) is 36.2. The van der Waals surface area contributed by atoms with Gasteiger partial charge in [-0.05, 0) is 32.2 Å². The van der Waals surface area contributed by atoms with Crippen LogP contribution in [0.15, 0.2) is 0 Å². The fourth-order valence-corrected chi connectivity index (χ4v) is 3.10. The van der Waals surface area contributed by atoms with Crippen LogP contribution in [0, 0.1) is 5.92 Å². The molecule has 2 saturated heterocycles. The van der Waals surface area contributed by atoms with E-state index in [-0.39, 0.29) is 0 Å². The van der Waals surface area contributed by atoms with E-state index in [1.54, 1.807) is 0 Å². The highest BCUT2D eigenvalue weighted by Crippen LogP contribution is 2.32. The van der Waals surface area contributed by atoms with Crippen LogP contribution in [-0.4, -0.2) is 46.9 Å². The lowest BCUT2D eigenvalue weighted by atomic mass is 10.0. The molecule has 0 aliphatic carbocycles. The molecule has 2 aliphatic heterocycles. The maximum atomic E-state index is 9.47.